The number of hydrogen-bond acceptors (Lipinski definition) is 0. The van der Waals surface area contributed by atoms with Gasteiger partial charge in [-0.2, -0.15) is 0 Å². The fourth-order valence-corrected chi connectivity index (χ4v) is 0. The van der Waals surface area contributed by atoms with Crippen molar-refractivity contribution in [2.75, 3.05) is 0 Å². The summed E-state index contributed by atoms with van der Waals surface area (Å²) in [5.41, 5.74) is 0. The van der Waals surface area contributed by atoms with E-state index in [-0.39, 0.29) is 50.1 Å². The third-order valence-corrected chi connectivity index (χ3v) is 2.12. The molecule has 0 spiro atoms. The molecule has 0 fully saturated rings. The van der Waals surface area contributed by atoms with Crippen molar-refractivity contribution in [3.8, 4) is 0 Å². The smallest absolute Gasteiger partial charge is 0.0410 e. The van der Waals surface area contributed by atoms with Crippen molar-refractivity contribution < 1.29 is 41.3 Å². The standard InChI is InChI=1S/C4H11Si.Pr/c1-4-5(2)3;/h4H2,1-3H3;. The van der Waals surface area contributed by atoms with Crippen LogP contribution in [0, 0.1) is 41.3 Å². The molecule has 0 aromatic heterocycles. The fraction of sp³-hybridized carbons (Fsp3) is 1.00. The molecule has 0 aliphatic carbocycles. The van der Waals surface area contributed by atoms with E-state index in [4.69, 9.17) is 0 Å². The van der Waals surface area contributed by atoms with Crippen molar-refractivity contribution in [1.29, 1.82) is 0 Å². The van der Waals surface area contributed by atoms with Crippen LogP contribution in [0.4, 0.5) is 0 Å². The van der Waals surface area contributed by atoms with Gasteiger partial charge in [0.05, 0.1) is 0 Å². The number of hydrogen-bond donors (Lipinski definition) is 0. The quantitative estimate of drug-likeness (QED) is 0.600. The SMILES string of the molecule is CC[Si](C)C.[Pr]. The van der Waals surface area contributed by atoms with Crippen molar-refractivity contribution >= 4 is 8.80 Å². The van der Waals surface area contributed by atoms with Crippen molar-refractivity contribution in [1.82, 2.24) is 0 Å². The molecule has 0 rings (SSSR count). The van der Waals surface area contributed by atoms with E-state index >= 15 is 0 Å². The normalized spacial score (nSPS) is 8.00. The molecule has 0 aliphatic heterocycles. The van der Waals surface area contributed by atoms with Gasteiger partial charge >= 0.3 is 0 Å². The summed E-state index contributed by atoms with van der Waals surface area (Å²) in [7, 11) is 0.126. The zero-order valence-electron chi connectivity index (χ0n) is 4.78. The molecule has 0 atom stereocenters. The van der Waals surface area contributed by atoms with Crippen LogP contribution in [0.25, 0.3) is 0 Å². The first-order chi connectivity index (χ1) is 2.27. The summed E-state index contributed by atoms with van der Waals surface area (Å²) in [6.45, 7) is 6.89. The van der Waals surface area contributed by atoms with Crippen LogP contribution in [-0.2, 0) is 0 Å². The van der Waals surface area contributed by atoms with Crippen LogP contribution >= 0.6 is 0 Å². The van der Waals surface area contributed by atoms with Crippen molar-refractivity contribution in [3.63, 3.8) is 0 Å². The zero-order chi connectivity index (χ0) is 4.28. The van der Waals surface area contributed by atoms with Gasteiger partial charge in [-0.05, 0) is 0 Å². The third-order valence-electron chi connectivity index (χ3n) is 0.707. The van der Waals surface area contributed by atoms with E-state index in [2.05, 4.69) is 20.0 Å². The van der Waals surface area contributed by atoms with Crippen LogP contribution in [0.15, 0.2) is 0 Å². The van der Waals surface area contributed by atoms with Crippen LogP contribution in [-0.4, -0.2) is 8.80 Å². The first-order valence-corrected chi connectivity index (χ1v) is 4.77. The van der Waals surface area contributed by atoms with Crippen LogP contribution in [0.5, 0.6) is 0 Å². The van der Waals surface area contributed by atoms with Crippen LogP contribution in [0.2, 0.25) is 19.1 Å². The Balaban J connectivity index is 0. The van der Waals surface area contributed by atoms with Crippen molar-refractivity contribution in [2.45, 2.75) is 26.1 Å². The van der Waals surface area contributed by atoms with Gasteiger partial charge in [0.2, 0.25) is 0 Å². The van der Waals surface area contributed by atoms with Crippen molar-refractivity contribution in [3.05, 3.63) is 0 Å². The molecule has 0 aromatic carbocycles. The molecular formula is C4H11PrSi. The Hall–Kier alpha value is 1.58. The van der Waals surface area contributed by atoms with E-state index in [1.807, 2.05) is 0 Å². The van der Waals surface area contributed by atoms with Gasteiger partial charge in [0, 0.05) is 50.1 Å². The molecule has 0 amide bonds. The second-order valence-electron chi connectivity index (χ2n) is 1.56. The van der Waals surface area contributed by atoms with Gasteiger partial charge in [0.1, 0.15) is 0 Å². The minimum absolute atomic E-state index is 0. The molecule has 0 saturated heterocycles. The maximum atomic E-state index is 2.32. The summed E-state index contributed by atoms with van der Waals surface area (Å²) in [6, 6.07) is 1.41. The van der Waals surface area contributed by atoms with E-state index in [0.717, 1.165) is 0 Å². The molecule has 0 saturated carbocycles. The molecule has 6 heavy (non-hydrogen) atoms. The molecule has 34 valence electrons. The monoisotopic (exact) mass is 228 g/mol. The van der Waals surface area contributed by atoms with Gasteiger partial charge in [0.15, 0.2) is 0 Å². The van der Waals surface area contributed by atoms with Gasteiger partial charge < -0.3 is 0 Å². The summed E-state index contributed by atoms with van der Waals surface area (Å²) in [6.07, 6.45) is 0. The van der Waals surface area contributed by atoms with Crippen LogP contribution in [0.3, 0.4) is 0 Å². The second kappa shape index (κ2) is 6.58. The molecule has 0 N–H and O–H groups in total. The summed E-state index contributed by atoms with van der Waals surface area (Å²) in [5, 5.41) is 0. The summed E-state index contributed by atoms with van der Waals surface area (Å²) in [4.78, 5) is 0. The molecular weight excluding hydrogens is 217 g/mol. The summed E-state index contributed by atoms with van der Waals surface area (Å²) in [5.74, 6) is 0. The van der Waals surface area contributed by atoms with E-state index in [1.54, 1.807) is 0 Å². The van der Waals surface area contributed by atoms with Gasteiger partial charge in [0.25, 0.3) is 0 Å². The maximum Gasteiger partial charge on any atom is 0.0410 e. The van der Waals surface area contributed by atoms with Gasteiger partial charge in [-0.1, -0.05) is 26.1 Å². The van der Waals surface area contributed by atoms with E-state index in [0.29, 0.717) is 0 Å². The van der Waals surface area contributed by atoms with Gasteiger partial charge in [-0.3, -0.25) is 0 Å². The average Bonchev–Trinajstić information content (AvgIpc) is 1.38. The Morgan fingerprint density at radius 2 is 1.50 bits per heavy atom. The molecule has 2 heteroatoms. The Bertz CT molecular complexity index is 21.5. The second-order valence-corrected chi connectivity index (χ2v) is 4.68. The van der Waals surface area contributed by atoms with Gasteiger partial charge in [-0.25, -0.2) is 0 Å². The van der Waals surface area contributed by atoms with Crippen LogP contribution < -0.4 is 0 Å². The average molecular weight is 228 g/mol. The summed E-state index contributed by atoms with van der Waals surface area (Å²) >= 11 is 0. The zero-order valence-corrected chi connectivity index (χ0v) is 9.49. The largest absolute Gasteiger partial charge is 0.0713 e. The first kappa shape index (κ1) is 10.5. The molecule has 0 aromatic rings. The Morgan fingerprint density at radius 1 is 1.33 bits per heavy atom. The molecule has 0 aliphatic rings. The summed E-state index contributed by atoms with van der Waals surface area (Å²) < 4.78 is 0. The Labute approximate surface area is 75.3 Å². The number of rotatable bonds is 1. The third kappa shape index (κ3) is 9.13. The first-order valence-electron chi connectivity index (χ1n) is 2.06. The van der Waals surface area contributed by atoms with E-state index < -0.39 is 0 Å². The predicted molar refractivity (Wildman–Crippen MR) is 28.0 cm³/mol. The van der Waals surface area contributed by atoms with Gasteiger partial charge in [-0.15, -0.1) is 0 Å². The Kier molecular flexibility index (Phi) is 11.6. The van der Waals surface area contributed by atoms with Crippen molar-refractivity contribution in [2.24, 2.45) is 0 Å². The maximum absolute atomic E-state index is 2.32. The van der Waals surface area contributed by atoms with E-state index in [1.165, 1.54) is 6.04 Å². The van der Waals surface area contributed by atoms with Crippen LogP contribution in [0.1, 0.15) is 6.92 Å². The fourth-order valence-electron chi connectivity index (χ4n) is 0. The van der Waals surface area contributed by atoms with E-state index in [9.17, 15) is 0 Å². The minimum Gasteiger partial charge on any atom is -0.0713 e. The molecule has 2 radical (unpaired) electrons. The molecule has 0 unspecified atom stereocenters. The Morgan fingerprint density at radius 3 is 1.50 bits per heavy atom. The minimum atomic E-state index is 0. The topological polar surface area (TPSA) is 0 Å². The molecule has 0 nitrogen and oxygen atoms in total. The molecule has 0 bridgehead atoms. The molecule has 0 heterocycles. The predicted octanol–water partition coefficient (Wildman–Crippen LogP) is 1.76.